The zero-order chi connectivity index (χ0) is 11.2. The summed E-state index contributed by atoms with van der Waals surface area (Å²) in [5, 5.41) is 0. The molecule has 15 heavy (non-hydrogen) atoms. The van der Waals surface area contributed by atoms with Crippen LogP contribution in [0, 0.1) is 0 Å². The summed E-state index contributed by atoms with van der Waals surface area (Å²) in [6.07, 6.45) is 9.66. The normalized spacial score (nSPS) is 10.8. The van der Waals surface area contributed by atoms with Crippen LogP contribution in [0.4, 0.5) is 0 Å². The molecule has 0 amide bonds. The minimum Gasteiger partial charge on any atom is -0.384 e. The first-order valence-corrected chi connectivity index (χ1v) is 7.88. The molecule has 0 saturated heterocycles. The largest absolute Gasteiger partial charge is 0.384 e. The highest BCUT2D eigenvalue weighted by Crippen LogP contribution is 2.10. The lowest BCUT2D eigenvalue weighted by molar-refractivity contribution is 0.218. The van der Waals surface area contributed by atoms with Crippen LogP contribution in [0.1, 0.15) is 44.9 Å². The van der Waals surface area contributed by atoms with Crippen LogP contribution in [0.25, 0.3) is 0 Å². The standard InChI is InChI=1S/C12H26OS2/c1-13-9-12-15-11-8-6-4-2-3-5-7-10-14/h14H,2-12H2,1H3. The molecule has 0 aliphatic heterocycles. The van der Waals surface area contributed by atoms with Crippen molar-refractivity contribution < 1.29 is 4.74 Å². The fourth-order valence-corrected chi connectivity index (χ4v) is 2.56. The van der Waals surface area contributed by atoms with E-state index in [0.717, 1.165) is 18.1 Å². The molecule has 0 aromatic carbocycles. The van der Waals surface area contributed by atoms with Crippen molar-refractivity contribution in [1.29, 1.82) is 0 Å². The Morgan fingerprint density at radius 2 is 1.47 bits per heavy atom. The molecule has 3 heteroatoms. The van der Waals surface area contributed by atoms with Crippen molar-refractivity contribution in [3.05, 3.63) is 0 Å². The van der Waals surface area contributed by atoms with E-state index in [-0.39, 0.29) is 0 Å². The van der Waals surface area contributed by atoms with Crippen LogP contribution < -0.4 is 0 Å². The van der Waals surface area contributed by atoms with Gasteiger partial charge >= 0.3 is 0 Å². The second kappa shape index (κ2) is 14.7. The first-order chi connectivity index (χ1) is 7.41. The monoisotopic (exact) mass is 250 g/mol. The fourth-order valence-electron chi connectivity index (χ4n) is 1.44. The van der Waals surface area contributed by atoms with E-state index in [1.807, 2.05) is 11.8 Å². The van der Waals surface area contributed by atoms with Gasteiger partial charge < -0.3 is 4.74 Å². The molecule has 0 aliphatic carbocycles. The molecule has 0 saturated carbocycles. The summed E-state index contributed by atoms with van der Waals surface area (Å²) < 4.78 is 5.00. The van der Waals surface area contributed by atoms with Gasteiger partial charge in [-0.15, -0.1) is 0 Å². The number of thiol groups is 1. The molecule has 0 N–H and O–H groups in total. The topological polar surface area (TPSA) is 9.23 Å². The van der Waals surface area contributed by atoms with E-state index in [1.165, 1.54) is 50.7 Å². The van der Waals surface area contributed by atoms with Crippen LogP contribution in [-0.2, 0) is 4.74 Å². The van der Waals surface area contributed by atoms with Crippen LogP contribution in [0.3, 0.4) is 0 Å². The van der Waals surface area contributed by atoms with Crippen molar-refractivity contribution in [3.63, 3.8) is 0 Å². The van der Waals surface area contributed by atoms with Gasteiger partial charge in [-0.3, -0.25) is 0 Å². The SMILES string of the molecule is COCCSCCCCCCCCCS. The number of unbranched alkanes of at least 4 members (excludes halogenated alkanes) is 6. The van der Waals surface area contributed by atoms with E-state index in [1.54, 1.807) is 7.11 Å². The molecular weight excluding hydrogens is 224 g/mol. The van der Waals surface area contributed by atoms with Crippen LogP contribution in [0.5, 0.6) is 0 Å². The van der Waals surface area contributed by atoms with Gasteiger partial charge in [0.15, 0.2) is 0 Å². The Bertz CT molecular complexity index is 97.8. The number of rotatable bonds is 12. The van der Waals surface area contributed by atoms with Gasteiger partial charge in [0.1, 0.15) is 0 Å². The van der Waals surface area contributed by atoms with E-state index >= 15 is 0 Å². The fraction of sp³-hybridized carbons (Fsp3) is 1.00. The minimum atomic E-state index is 0.897. The summed E-state index contributed by atoms with van der Waals surface area (Å²) in [7, 11) is 1.77. The predicted molar refractivity (Wildman–Crippen MR) is 75.4 cm³/mol. The van der Waals surface area contributed by atoms with Gasteiger partial charge in [-0.25, -0.2) is 0 Å². The van der Waals surface area contributed by atoms with E-state index in [4.69, 9.17) is 4.74 Å². The van der Waals surface area contributed by atoms with E-state index < -0.39 is 0 Å². The molecule has 0 atom stereocenters. The lowest BCUT2D eigenvalue weighted by Crippen LogP contribution is -1.92. The lowest BCUT2D eigenvalue weighted by atomic mass is 10.1. The van der Waals surface area contributed by atoms with Crippen LogP contribution in [0.15, 0.2) is 0 Å². The average Bonchev–Trinajstić information content (AvgIpc) is 2.26. The zero-order valence-corrected chi connectivity index (χ0v) is 11.8. The zero-order valence-electron chi connectivity index (χ0n) is 10.0. The summed E-state index contributed by atoms with van der Waals surface area (Å²) in [5.41, 5.74) is 0. The van der Waals surface area contributed by atoms with Crippen LogP contribution >= 0.6 is 24.4 Å². The first kappa shape index (κ1) is 15.7. The Balaban J connectivity index is 2.81. The Labute approximate surface area is 105 Å². The van der Waals surface area contributed by atoms with Crippen LogP contribution in [0.2, 0.25) is 0 Å². The Morgan fingerprint density at radius 3 is 2.07 bits per heavy atom. The van der Waals surface area contributed by atoms with Crippen molar-refractivity contribution >= 4 is 24.4 Å². The van der Waals surface area contributed by atoms with Gasteiger partial charge in [0.2, 0.25) is 0 Å². The molecular formula is C12H26OS2. The molecule has 0 radical (unpaired) electrons. The molecule has 92 valence electrons. The maximum absolute atomic E-state index is 5.00. The highest BCUT2D eigenvalue weighted by atomic mass is 32.2. The lowest BCUT2D eigenvalue weighted by Gasteiger charge is -2.02. The van der Waals surface area contributed by atoms with Crippen molar-refractivity contribution in [2.24, 2.45) is 0 Å². The quantitative estimate of drug-likeness (QED) is 0.414. The second-order valence-corrected chi connectivity index (χ2v) is 5.48. The molecule has 0 fully saturated rings. The summed E-state index contributed by atoms with van der Waals surface area (Å²) in [6, 6.07) is 0. The first-order valence-electron chi connectivity index (χ1n) is 6.09. The Morgan fingerprint density at radius 1 is 0.867 bits per heavy atom. The maximum atomic E-state index is 5.00. The molecule has 0 spiro atoms. The molecule has 1 nitrogen and oxygen atoms in total. The number of ether oxygens (including phenoxy) is 1. The van der Waals surface area contributed by atoms with Gasteiger partial charge in [0, 0.05) is 12.9 Å². The number of hydrogen-bond acceptors (Lipinski definition) is 3. The minimum absolute atomic E-state index is 0.897. The second-order valence-electron chi connectivity index (χ2n) is 3.80. The third kappa shape index (κ3) is 14.7. The maximum Gasteiger partial charge on any atom is 0.0552 e. The van der Waals surface area contributed by atoms with Gasteiger partial charge in [-0.1, -0.05) is 32.1 Å². The molecule has 0 aromatic rings. The van der Waals surface area contributed by atoms with Gasteiger partial charge in [0.05, 0.1) is 6.61 Å². The van der Waals surface area contributed by atoms with E-state index in [9.17, 15) is 0 Å². The average molecular weight is 250 g/mol. The summed E-state index contributed by atoms with van der Waals surface area (Å²) >= 11 is 6.22. The predicted octanol–water partition coefficient (Wildman–Crippen LogP) is 4.03. The summed E-state index contributed by atoms with van der Waals surface area (Å²) in [5.74, 6) is 3.51. The molecule has 0 heterocycles. The van der Waals surface area contributed by atoms with Crippen molar-refractivity contribution in [2.45, 2.75) is 44.9 Å². The Hall–Kier alpha value is 0.660. The molecule has 0 rings (SSSR count). The number of hydrogen-bond donors (Lipinski definition) is 1. The van der Waals surface area contributed by atoms with Crippen molar-refractivity contribution in [1.82, 2.24) is 0 Å². The van der Waals surface area contributed by atoms with Gasteiger partial charge in [0.25, 0.3) is 0 Å². The van der Waals surface area contributed by atoms with Crippen molar-refractivity contribution in [2.75, 3.05) is 31.0 Å². The van der Waals surface area contributed by atoms with Crippen LogP contribution in [-0.4, -0.2) is 31.0 Å². The number of thioether (sulfide) groups is 1. The Kier molecular flexibility index (Phi) is 15.3. The molecule has 0 unspecified atom stereocenters. The molecule has 0 aromatic heterocycles. The summed E-state index contributed by atoms with van der Waals surface area (Å²) in [6.45, 7) is 0.897. The third-order valence-electron chi connectivity index (χ3n) is 2.38. The van der Waals surface area contributed by atoms with E-state index in [0.29, 0.717) is 0 Å². The molecule has 0 aliphatic rings. The number of methoxy groups -OCH3 is 1. The summed E-state index contributed by atoms with van der Waals surface area (Å²) in [4.78, 5) is 0. The third-order valence-corrected chi connectivity index (χ3v) is 3.73. The van der Waals surface area contributed by atoms with Gasteiger partial charge in [-0.05, 0) is 24.3 Å². The highest BCUT2D eigenvalue weighted by molar-refractivity contribution is 7.99. The van der Waals surface area contributed by atoms with E-state index in [2.05, 4.69) is 12.6 Å². The smallest absolute Gasteiger partial charge is 0.0552 e. The molecule has 0 bridgehead atoms. The van der Waals surface area contributed by atoms with Gasteiger partial charge in [-0.2, -0.15) is 24.4 Å². The highest BCUT2D eigenvalue weighted by Gasteiger charge is 1.92. The van der Waals surface area contributed by atoms with Crippen molar-refractivity contribution in [3.8, 4) is 0 Å².